The number of ether oxygens (including phenoxy) is 1. The molecule has 4 nitrogen and oxygen atoms in total. The SMILES string of the molecule is N[C@H]1C[C@H]([C@H]2CN=C(N3CCc4cc(C5CCCC5)ccc4[C@@H]3c3ccc(F)cc3)O2)C1. The van der Waals surface area contributed by atoms with E-state index in [-0.39, 0.29) is 18.0 Å². The minimum Gasteiger partial charge on any atom is -0.460 e. The first kappa shape index (κ1) is 20.2. The fraction of sp³-hybridized carbons (Fsp3) is 0.519. The predicted octanol–water partition coefficient (Wildman–Crippen LogP) is 4.92. The number of aliphatic imine (C=N–C) groups is 1. The van der Waals surface area contributed by atoms with E-state index in [4.69, 9.17) is 15.5 Å². The fourth-order valence-corrected chi connectivity index (χ4v) is 6.16. The average Bonchev–Trinajstić information content (AvgIpc) is 3.49. The summed E-state index contributed by atoms with van der Waals surface area (Å²) in [5.74, 6) is 1.02. The molecule has 0 unspecified atom stereocenters. The van der Waals surface area contributed by atoms with Crippen LogP contribution in [-0.4, -0.2) is 36.2 Å². The summed E-state index contributed by atoms with van der Waals surface area (Å²) in [6.07, 6.45) is 8.49. The first-order valence-corrected chi connectivity index (χ1v) is 12.3. The Bertz CT molecular complexity index is 1010. The first-order valence-electron chi connectivity index (χ1n) is 12.3. The van der Waals surface area contributed by atoms with Gasteiger partial charge in [-0.1, -0.05) is 43.2 Å². The molecule has 6 rings (SSSR count). The van der Waals surface area contributed by atoms with Crippen LogP contribution >= 0.6 is 0 Å². The van der Waals surface area contributed by atoms with E-state index in [1.807, 2.05) is 12.1 Å². The molecule has 2 saturated carbocycles. The van der Waals surface area contributed by atoms with E-state index in [1.165, 1.54) is 42.4 Å². The Kier molecular flexibility index (Phi) is 5.17. The Morgan fingerprint density at radius 3 is 2.50 bits per heavy atom. The van der Waals surface area contributed by atoms with E-state index in [9.17, 15) is 4.39 Å². The zero-order valence-corrected chi connectivity index (χ0v) is 18.6. The van der Waals surface area contributed by atoms with Crippen molar-refractivity contribution in [2.75, 3.05) is 13.1 Å². The summed E-state index contributed by atoms with van der Waals surface area (Å²) in [7, 11) is 0. The Labute approximate surface area is 189 Å². The second kappa shape index (κ2) is 8.18. The van der Waals surface area contributed by atoms with E-state index in [2.05, 4.69) is 23.1 Å². The normalized spacial score (nSPS) is 29.9. The van der Waals surface area contributed by atoms with Crippen molar-refractivity contribution in [2.24, 2.45) is 16.6 Å². The van der Waals surface area contributed by atoms with Crippen LogP contribution in [0.3, 0.4) is 0 Å². The van der Waals surface area contributed by atoms with Gasteiger partial charge in [0.05, 0.1) is 12.6 Å². The molecule has 0 spiro atoms. The van der Waals surface area contributed by atoms with Gasteiger partial charge in [-0.3, -0.25) is 0 Å². The van der Waals surface area contributed by atoms with Gasteiger partial charge >= 0.3 is 0 Å². The summed E-state index contributed by atoms with van der Waals surface area (Å²) in [6, 6.07) is 15.1. The van der Waals surface area contributed by atoms with Crippen LogP contribution in [0.5, 0.6) is 0 Å². The molecule has 0 amide bonds. The van der Waals surface area contributed by atoms with Crippen molar-refractivity contribution in [3.63, 3.8) is 0 Å². The molecule has 2 aliphatic carbocycles. The molecule has 2 aromatic carbocycles. The van der Waals surface area contributed by atoms with Crippen molar-refractivity contribution in [3.05, 3.63) is 70.5 Å². The molecule has 2 aliphatic heterocycles. The Balaban J connectivity index is 1.31. The summed E-state index contributed by atoms with van der Waals surface area (Å²) in [5, 5.41) is 0. The molecule has 0 radical (unpaired) electrons. The molecular formula is C27H32FN3O. The summed E-state index contributed by atoms with van der Waals surface area (Å²) in [5.41, 5.74) is 11.3. The van der Waals surface area contributed by atoms with Gasteiger partial charge < -0.3 is 15.4 Å². The Morgan fingerprint density at radius 1 is 1.00 bits per heavy atom. The second-order valence-corrected chi connectivity index (χ2v) is 10.1. The van der Waals surface area contributed by atoms with Crippen molar-refractivity contribution in [2.45, 2.75) is 69.1 Å². The molecule has 2 aromatic rings. The summed E-state index contributed by atoms with van der Waals surface area (Å²) < 4.78 is 20.1. The Morgan fingerprint density at radius 2 is 1.75 bits per heavy atom. The standard InChI is InChI=1S/C27H32FN3O/c28-22-8-5-18(6-9-22)26-24-10-7-19(17-3-1-2-4-17)13-20(24)11-12-31(26)27-30-16-25(32-27)21-14-23(29)15-21/h5-10,13,17,21,23,25-26H,1-4,11-12,14-16,29H2/t21-,23-,25-,26+/m1/s1. The first-order chi connectivity index (χ1) is 15.7. The zero-order valence-electron chi connectivity index (χ0n) is 18.6. The average molecular weight is 434 g/mol. The summed E-state index contributed by atoms with van der Waals surface area (Å²) in [6.45, 7) is 1.58. The van der Waals surface area contributed by atoms with Crippen LogP contribution in [-0.2, 0) is 11.2 Å². The smallest absolute Gasteiger partial charge is 0.288 e. The second-order valence-electron chi connectivity index (χ2n) is 10.1. The number of halogens is 1. The Hall–Kier alpha value is -2.40. The summed E-state index contributed by atoms with van der Waals surface area (Å²) in [4.78, 5) is 7.12. The number of hydrogen-bond donors (Lipinski definition) is 1. The van der Waals surface area contributed by atoms with Crippen molar-refractivity contribution >= 4 is 6.02 Å². The fourth-order valence-electron chi connectivity index (χ4n) is 6.16. The van der Waals surface area contributed by atoms with Gasteiger partial charge in [0, 0.05) is 18.5 Å². The molecular weight excluding hydrogens is 401 g/mol. The van der Waals surface area contributed by atoms with E-state index < -0.39 is 0 Å². The molecule has 0 saturated heterocycles. The predicted molar refractivity (Wildman–Crippen MR) is 124 cm³/mol. The number of nitrogens with two attached hydrogens (primary N) is 1. The van der Waals surface area contributed by atoms with E-state index >= 15 is 0 Å². The minimum atomic E-state index is -0.205. The number of rotatable bonds is 3. The third-order valence-electron chi connectivity index (χ3n) is 8.05. The largest absolute Gasteiger partial charge is 0.460 e. The maximum Gasteiger partial charge on any atom is 0.288 e. The van der Waals surface area contributed by atoms with Crippen molar-refractivity contribution < 1.29 is 9.13 Å². The van der Waals surface area contributed by atoms with Crippen LogP contribution in [0.15, 0.2) is 47.5 Å². The molecule has 5 heteroatoms. The lowest BCUT2D eigenvalue weighted by molar-refractivity contribution is 0.0668. The molecule has 32 heavy (non-hydrogen) atoms. The number of benzene rings is 2. The van der Waals surface area contributed by atoms with Crippen LogP contribution in [0.1, 0.15) is 72.7 Å². The van der Waals surface area contributed by atoms with Crippen LogP contribution in [0.25, 0.3) is 0 Å². The third-order valence-corrected chi connectivity index (χ3v) is 8.05. The van der Waals surface area contributed by atoms with Crippen molar-refractivity contribution in [1.82, 2.24) is 4.90 Å². The highest BCUT2D eigenvalue weighted by Gasteiger charge is 2.40. The molecule has 2 fully saturated rings. The van der Waals surface area contributed by atoms with Gasteiger partial charge in [0.2, 0.25) is 0 Å². The monoisotopic (exact) mass is 433 g/mol. The molecule has 0 bridgehead atoms. The highest BCUT2D eigenvalue weighted by molar-refractivity contribution is 5.77. The maximum absolute atomic E-state index is 13.7. The number of amidine groups is 1. The van der Waals surface area contributed by atoms with Gasteiger partial charge in [0.1, 0.15) is 11.9 Å². The van der Waals surface area contributed by atoms with Crippen LogP contribution < -0.4 is 5.73 Å². The number of nitrogens with zero attached hydrogens (tertiary/aromatic N) is 2. The molecule has 4 aliphatic rings. The van der Waals surface area contributed by atoms with Crippen molar-refractivity contribution in [1.29, 1.82) is 0 Å². The molecule has 2 N–H and O–H groups in total. The van der Waals surface area contributed by atoms with Crippen molar-refractivity contribution in [3.8, 4) is 0 Å². The third kappa shape index (κ3) is 3.61. The summed E-state index contributed by atoms with van der Waals surface area (Å²) >= 11 is 0. The lowest BCUT2D eigenvalue weighted by atomic mass is 9.77. The highest BCUT2D eigenvalue weighted by atomic mass is 19.1. The minimum absolute atomic E-state index is 0.00174. The van der Waals surface area contributed by atoms with Gasteiger partial charge in [0.15, 0.2) is 0 Å². The van der Waals surface area contributed by atoms with E-state index in [1.54, 1.807) is 12.1 Å². The van der Waals surface area contributed by atoms with Gasteiger partial charge in [0.25, 0.3) is 6.02 Å². The highest BCUT2D eigenvalue weighted by Crippen LogP contribution is 2.41. The molecule has 0 aromatic heterocycles. The molecule has 2 heterocycles. The number of fused-ring (bicyclic) bond motifs is 1. The van der Waals surface area contributed by atoms with Gasteiger partial charge in [-0.15, -0.1) is 0 Å². The quantitative estimate of drug-likeness (QED) is 0.747. The van der Waals surface area contributed by atoms with Crippen LogP contribution in [0, 0.1) is 11.7 Å². The lowest BCUT2D eigenvalue weighted by Crippen LogP contribution is -2.45. The van der Waals surface area contributed by atoms with E-state index in [0.717, 1.165) is 37.4 Å². The number of hydrogen-bond acceptors (Lipinski definition) is 4. The molecule has 2 atom stereocenters. The zero-order chi connectivity index (χ0) is 21.7. The molecule has 168 valence electrons. The van der Waals surface area contributed by atoms with Gasteiger partial charge in [-0.2, -0.15) is 0 Å². The topological polar surface area (TPSA) is 50.8 Å². The van der Waals surface area contributed by atoms with E-state index in [0.29, 0.717) is 24.4 Å². The van der Waals surface area contributed by atoms with Crippen LogP contribution in [0.4, 0.5) is 4.39 Å². The van der Waals surface area contributed by atoms with Crippen LogP contribution in [0.2, 0.25) is 0 Å². The lowest BCUT2D eigenvalue weighted by Gasteiger charge is -2.40. The van der Waals surface area contributed by atoms with Gasteiger partial charge in [-0.05, 0) is 72.4 Å². The maximum atomic E-state index is 13.7. The van der Waals surface area contributed by atoms with Gasteiger partial charge in [-0.25, -0.2) is 9.38 Å².